The number of phosphoric acid groups is 3. The minimum atomic E-state index is -5.84. The SMILES string of the molecule is CCNc1ccc2c(-c3ccccc3C(=O)N(C)CCCC(=O)NCCNC(=O)c3cccc(OCC(N=[N+]=[N-])OCCOCC(=O)NCC#Cc4cn([C@H]5C[C@H](OCN=[N+]=[N-])[C@@H](COP(=O)(O)OP(=O)(O)OP(=O)(O)O)O5)c5ncnc(N)c45)c3)c3ccc(=[NH+]CC)c(S(=O)(=O)O)c-3oc2c1S(=O)(=O)[O-]. The second-order valence-electron chi connectivity index (χ2n) is 22.3. The number of nitrogens with two attached hydrogens (primary N) is 1. The van der Waals surface area contributed by atoms with E-state index in [0.717, 1.165) is 6.33 Å². The first-order valence-electron chi connectivity index (χ1n) is 31.4. The number of anilines is 2. The van der Waals surface area contributed by atoms with E-state index in [1.54, 1.807) is 32.0 Å². The summed E-state index contributed by atoms with van der Waals surface area (Å²) in [5, 5.41) is 17.8. The highest BCUT2D eigenvalue weighted by Crippen LogP contribution is 2.66. The smallest absolute Gasteiger partial charge is 0.490 e. The number of phosphoric ester groups is 1. The number of azide groups is 2. The molecule has 1 fully saturated rings. The van der Waals surface area contributed by atoms with E-state index < -0.39 is 133 Å². The summed E-state index contributed by atoms with van der Waals surface area (Å²) >= 11 is 0. The Morgan fingerprint density at radius 2 is 1.69 bits per heavy atom. The van der Waals surface area contributed by atoms with Gasteiger partial charge in [-0.1, -0.05) is 46.3 Å². The third-order valence-electron chi connectivity index (χ3n) is 15.0. The molecule has 568 valence electrons. The Labute approximate surface area is 601 Å². The van der Waals surface area contributed by atoms with Crippen LogP contribution in [0, 0.1) is 11.8 Å². The van der Waals surface area contributed by atoms with Crippen molar-refractivity contribution in [1.82, 2.24) is 35.4 Å². The van der Waals surface area contributed by atoms with Crippen LogP contribution in [0.4, 0.5) is 11.5 Å². The fourth-order valence-electron chi connectivity index (χ4n) is 10.7. The van der Waals surface area contributed by atoms with Crippen molar-refractivity contribution < 1.29 is 125 Å². The van der Waals surface area contributed by atoms with Gasteiger partial charge in [0.1, 0.15) is 77.4 Å². The summed E-state index contributed by atoms with van der Waals surface area (Å²) in [6.07, 6.45) is -1.94. The maximum Gasteiger partial charge on any atom is 0.490 e. The first-order valence-corrected chi connectivity index (χ1v) is 38.7. The Bertz CT molecular complexity index is 5040. The van der Waals surface area contributed by atoms with Gasteiger partial charge in [0.05, 0.1) is 49.1 Å². The molecule has 2 aromatic heterocycles. The third-order valence-corrected chi connectivity index (χ3v) is 20.6. The molecular weight excluding hydrogens is 1510 g/mol. The molecule has 8 rings (SSSR count). The average Bonchev–Trinajstić information content (AvgIpc) is 0.901. The quantitative estimate of drug-likeness (QED) is 0.00390. The molecule has 4 heterocycles. The lowest BCUT2D eigenvalue weighted by molar-refractivity contribution is -0.498. The van der Waals surface area contributed by atoms with Crippen LogP contribution in [0.2, 0.25) is 0 Å². The molecule has 0 spiro atoms. The maximum absolute atomic E-state index is 14.3. The largest absolute Gasteiger partial charge is 0.744 e. The van der Waals surface area contributed by atoms with Crippen LogP contribution in [0.3, 0.4) is 0 Å². The van der Waals surface area contributed by atoms with Gasteiger partial charge in [0.2, 0.25) is 22.1 Å². The maximum atomic E-state index is 14.3. The number of rotatable bonds is 37. The molecule has 3 aromatic carbocycles. The summed E-state index contributed by atoms with van der Waals surface area (Å²) in [5.41, 5.74) is 24.5. The zero-order valence-electron chi connectivity index (χ0n) is 56.0. The van der Waals surface area contributed by atoms with Crippen molar-refractivity contribution in [2.24, 2.45) is 10.2 Å². The lowest BCUT2D eigenvalue weighted by Crippen LogP contribution is -2.76. The zero-order chi connectivity index (χ0) is 77.2. The molecule has 2 aliphatic heterocycles. The van der Waals surface area contributed by atoms with Crippen molar-refractivity contribution in [1.29, 1.82) is 0 Å². The fourth-order valence-corrected chi connectivity index (χ4v) is 15.3. The molecule has 42 nitrogen and oxygen atoms in total. The first-order chi connectivity index (χ1) is 50.3. The van der Waals surface area contributed by atoms with Crippen molar-refractivity contribution in [3.8, 4) is 40.0 Å². The van der Waals surface area contributed by atoms with Gasteiger partial charge in [0.15, 0.2) is 17.6 Å². The van der Waals surface area contributed by atoms with E-state index in [1.165, 1.54) is 77.3 Å². The highest BCUT2D eigenvalue weighted by atomic mass is 32.2. The molecule has 4 amide bonds. The van der Waals surface area contributed by atoms with Crippen molar-refractivity contribution in [2.45, 2.75) is 67.6 Å². The minimum absolute atomic E-state index is 0.00613. The topological polar surface area (TPSA) is 619 Å². The molecule has 6 atom stereocenters. The molecule has 5 aromatic rings. The Balaban J connectivity index is 0.768. The van der Waals surface area contributed by atoms with Gasteiger partial charge in [-0.3, -0.25) is 28.3 Å². The van der Waals surface area contributed by atoms with E-state index in [1.807, 2.05) is 0 Å². The molecule has 3 aliphatic rings. The van der Waals surface area contributed by atoms with Gasteiger partial charge in [-0.2, -0.15) is 17.0 Å². The lowest BCUT2D eigenvalue weighted by Gasteiger charge is -2.23. The van der Waals surface area contributed by atoms with E-state index in [-0.39, 0.29) is 151 Å². The summed E-state index contributed by atoms with van der Waals surface area (Å²) < 4.78 is 159. The van der Waals surface area contributed by atoms with Gasteiger partial charge in [0.25, 0.3) is 11.8 Å². The summed E-state index contributed by atoms with van der Waals surface area (Å²) in [7, 11) is -26.1. The normalized spacial score (nSPS) is 16.2. The Hall–Kier alpha value is -9.50. The molecule has 3 unspecified atom stereocenters. The molecule has 0 bridgehead atoms. The highest BCUT2D eigenvalue weighted by molar-refractivity contribution is 7.86. The molecule has 106 heavy (non-hydrogen) atoms. The number of hydrogen-bond acceptors (Lipinski definition) is 27. The number of benzene rings is 4. The molecule has 12 N–H and O–H groups in total. The lowest BCUT2D eigenvalue weighted by atomic mass is 9.90. The number of amides is 4. The van der Waals surface area contributed by atoms with Crippen LogP contribution in [-0.2, 0) is 75.6 Å². The molecule has 1 aliphatic carbocycles. The van der Waals surface area contributed by atoms with Crippen LogP contribution in [0.1, 0.15) is 65.6 Å². The van der Waals surface area contributed by atoms with Crippen molar-refractivity contribution in [3.05, 3.63) is 128 Å². The van der Waals surface area contributed by atoms with Gasteiger partial charge in [-0.15, -0.1) is 0 Å². The van der Waals surface area contributed by atoms with Crippen LogP contribution in [0.5, 0.6) is 5.75 Å². The summed E-state index contributed by atoms with van der Waals surface area (Å²) in [4.78, 5) is 107. The summed E-state index contributed by atoms with van der Waals surface area (Å²) in [6, 6.07) is 17.8. The van der Waals surface area contributed by atoms with E-state index in [4.69, 9.17) is 53.7 Å². The van der Waals surface area contributed by atoms with Gasteiger partial charge in [-0.05, 0) is 79.4 Å². The number of carbonyl (C=O) groups is 4. The van der Waals surface area contributed by atoms with Crippen LogP contribution in [0.15, 0.2) is 110 Å². The predicted molar refractivity (Wildman–Crippen MR) is 367 cm³/mol. The van der Waals surface area contributed by atoms with Crippen LogP contribution >= 0.6 is 23.5 Å². The van der Waals surface area contributed by atoms with E-state index in [9.17, 15) is 74.1 Å². The van der Waals surface area contributed by atoms with Crippen LogP contribution in [-0.4, -0.2) is 193 Å². The number of carbonyl (C=O) groups excluding carboxylic acids is 4. The Kier molecular flexibility index (Phi) is 28.4. The highest BCUT2D eigenvalue weighted by Gasteiger charge is 2.44. The van der Waals surface area contributed by atoms with Gasteiger partial charge in [0, 0.05) is 95.8 Å². The average molecular weight is 1580 g/mol. The first kappa shape index (κ1) is 82.2. The van der Waals surface area contributed by atoms with Crippen molar-refractivity contribution >= 4 is 101 Å². The van der Waals surface area contributed by atoms with Gasteiger partial charge >= 0.3 is 33.6 Å². The number of fused-ring (bicyclic) bond motifs is 3. The van der Waals surface area contributed by atoms with Crippen molar-refractivity contribution in [2.75, 3.05) is 97.1 Å². The Morgan fingerprint density at radius 1 is 0.925 bits per heavy atom. The number of aromatic nitrogens is 3. The van der Waals surface area contributed by atoms with Crippen molar-refractivity contribution in [3.63, 3.8) is 0 Å². The summed E-state index contributed by atoms with van der Waals surface area (Å²) in [5.74, 6) is 3.24. The monoisotopic (exact) mass is 1570 g/mol. The number of hydrogen-bond donors (Lipinski definition) is 11. The van der Waals surface area contributed by atoms with Crippen LogP contribution in [0.25, 0.3) is 65.3 Å². The third kappa shape index (κ3) is 22.3. The molecule has 1 saturated heterocycles. The van der Waals surface area contributed by atoms with E-state index in [0.29, 0.717) is 0 Å². The number of ether oxygens (including phenoxy) is 5. The molecule has 47 heteroatoms. The molecule has 0 saturated carbocycles. The second kappa shape index (κ2) is 36.7. The molecular formula is C59H69N16O26P3S2. The van der Waals surface area contributed by atoms with Crippen LogP contribution < -0.4 is 42.1 Å². The number of nitrogen functional groups attached to an aromatic ring is 1. The number of nitrogens with one attached hydrogen (secondary N) is 5. The van der Waals surface area contributed by atoms with Gasteiger partial charge in [-0.25, -0.2) is 37.1 Å². The predicted octanol–water partition coefficient (Wildman–Crippen LogP) is 3.01. The zero-order valence-corrected chi connectivity index (χ0v) is 60.3. The minimum Gasteiger partial charge on any atom is -0.744 e. The fraction of sp³-hybridized carbons (Fsp3) is 0.373. The summed E-state index contributed by atoms with van der Waals surface area (Å²) in [6.45, 7) is 1.04. The van der Waals surface area contributed by atoms with E-state index in [2.05, 4.69) is 76.7 Å². The second-order valence-corrected chi connectivity index (χ2v) is 29.4. The standard InChI is InChI=1S/C59H69N16O26P3S2/c1-4-63-42-19-17-40-51(41-18-20-43(64-5-2)55(106(90,91)92)53(41)99-52(40)54(42)105(87,88)89)38-14-6-7-15-39(38)59(79)74(3)24-10-16-46(76)66-22-23-67-58(78)35-11-8-13-37(27-35)95-32-48(71-73-62)94-26-25-93-31-47(77)65-21-9-12-36-29-75(57-50(36)56(60)68-33-69-57)49-28-44(96-34-70-72-61)45(98-49)30-97-103(83,84)101-104(85,86)100-102(80,81)82/h6-8,11,13-15,17-20,27,29,33,44-45,48-49,63H,4-5,10,16,21-26,28,30-32,34H2,1-3H3,(H,65,77)(H,66,76)(H,67,78)(H,83,84)(H,85,86)(H2,60,68,69)(H2,80,81,82)(H,87,88,89)(H,90,91,92)/t44-,45+,48?,49+/m0/s1. The molecule has 0 radical (unpaired) electrons. The van der Waals surface area contributed by atoms with E-state index >= 15 is 0 Å². The number of nitrogens with zero attached hydrogens (tertiary/aromatic N) is 10. The van der Waals surface area contributed by atoms with Gasteiger partial charge < -0.3 is 88.7 Å². The Morgan fingerprint density at radius 3 is 2.41 bits per heavy atom.